The molecule has 0 fully saturated rings. The van der Waals surface area contributed by atoms with Crippen LogP contribution in [0.3, 0.4) is 0 Å². The van der Waals surface area contributed by atoms with Gasteiger partial charge in [0, 0.05) is 12.2 Å². The van der Waals surface area contributed by atoms with Gasteiger partial charge < -0.3 is 13.9 Å². The van der Waals surface area contributed by atoms with E-state index in [0.29, 0.717) is 12.4 Å². The smallest absolute Gasteiger partial charge is 0.358 e. The number of ether oxygens (including phenoxy) is 2. The van der Waals surface area contributed by atoms with E-state index < -0.39 is 8.32 Å². The molecule has 26 heavy (non-hydrogen) atoms. The molecule has 0 aliphatic carbocycles. The van der Waals surface area contributed by atoms with E-state index in [0.717, 1.165) is 11.3 Å². The molecule has 2 aromatic rings. The first-order valence-corrected chi connectivity index (χ1v) is 12.1. The van der Waals surface area contributed by atoms with E-state index in [1.165, 1.54) is 5.56 Å². The Kier molecular flexibility index (Phi) is 6.47. The third-order valence-electron chi connectivity index (χ3n) is 4.68. The Morgan fingerprint density at radius 2 is 1.46 bits per heavy atom. The van der Waals surface area contributed by atoms with Gasteiger partial charge in [-0.1, -0.05) is 50.6 Å². The largest absolute Gasteiger partial charge is 0.544 e. The fourth-order valence-electron chi connectivity index (χ4n) is 1.98. The molecule has 0 bridgehead atoms. The molecule has 140 valence electrons. The van der Waals surface area contributed by atoms with Crippen LogP contribution in [0.15, 0.2) is 48.5 Å². The van der Waals surface area contributed by atoms with Crippen LogP contribution < -0.4 is 9.16 Å². The zero-order valence-corrected chi connectivity index (χ0v) is 18.3. The van der Waals surface area contributed by atoms with Crippen LogP contribution in [-0.4, -0.2) is 13.6 Å². The number of rotatable bonds is 5. The standard InChI is InChI=1S/C21H28O3SSi/c1-16-7-11-18(12-8-16)23-20(25)22-15-17-9-13-19(14-10-17)24-26(5,6)21(2,3)4/h7-14H,15H2,1-6H3. The minimum Gasteiger partial charge on any atom is -0.544 e. The molecule has 5 heteroatoms. The Balaban J connectivity index is 1.87. The fraction of sp³-hybridized carbons (Fsp3) is 0.381. The van der Waals surface area contributed by atoms with Crippen molar-refractivity contribution in [3.8, 4) is 11.5 Å². The van der Waals surface area contributed by atoms with Crippen LogP contribution in [-0.2, 0) is 11.3 Å². The lowest BCUT2D eigenvalue weighted by Gasteiger charge is -2.36. The summed E-state index contributed by atoms with van der Waals surface area (Å²) in [5, 5.41) is 0.296. The first-order chi connectivity index (χ1) is 12.1. The van der Waals surface area contributed by atoms with E-state index in [-0.39, 0.29) is 10.3 Å². The summed E-state index contributed by atoms with van der Waals surface area (Å²) in [6, 6.07) is 15.7. The van der Waals surface area contributed by atoms with Gasteiger partial charge in [-0.2, -0.15) is 0 Å². The van der Waals surface area contributed by atoms with Crippen LogP contribution in [0.2, 0.25) is 18.1 Å². The van der Waals surface area contributed by atoms with Crippen molar-refractivity contribution in [1.82, 2.24) is 0 Å². The number of benzene rings is 2. The molecule has 0 unspecified atom stereocenters. The Morgan fingerprint density at radius 1 is 0.923 bits per heavy atom. The highest BCUT2D eigenvalue weighted by Gasteiger charge is 2.38. The Labute approximate surface area is 163 Å². The Bertz CT molecular complexity index is 731. The van der Waals surface area contributed by atoms with Gasteiger partial charge in [-0.3, -0.25) is 0 Å². The van der Waals surface area contributed by atoms with E-state index >= 15 is 0 Å². The first-order valence-electron chi connectivity index (χ1n) is 8.76. The SMILES string of the molecule is Cc1ccc(OC(=S)OCc2ccc(O[Si](C)(C)C(C)(C)C)cc2)cc1. The molecule has 3 nitrogen and oxygen atoms in total. The highest BCUT2D eigenvalue weighted by molar-refractivity contribution is 7.79. The van der Waals surface area contributed by atoms with Crippen molar-refractivity contribution in [3.63, 3.8) is 0 Å². The van der Waals surface area contributed by atoms with Gasteiger partial charge in [-0.05, 0) is 54.9 Å². The van der Waals surface area contributed by atoms with Crippen LogP contribution in [0.1, 0.15) is 31.9 Å². The van der Waals surface area contributed by atoms with E-state index in [1.54, 1.807) is 0 Å². The number of hydrogen-bond donors (Lipinski definition) is 0. The van der Waals surface area contributed by atoms with Gasteiger partial charge in [-0.25, -0.2) is 0 Å². The van der Waals surface area contributed by atoms with E-state index in [2.05, 4.69) is 33.9 Å². The lowest BCUT2D eigenvalue weighted by atomic mass is 10.2. The maximum Gasteiger partial charge on any atom is 0.358 e. The number of hydrogen-bond acceptors (Lipinski definition) is 4. The van der Waals surface area contributed by atoms with E-state index in [9.17, 15) is 0 Å². The maximum atomic E-state index is 6.28. The van der Waals surface area contributed by atoms with Crippen LogP contribution >= 0.6 is 12.2 Å². The summed E-state index contributed by atoms with van der Waals surface area (Å²) >= 11 is 5.14. The van der Waals surface area contributed by atoms with Gasteiger partial charge in [0.25, 0.3) is 0 Å². The van der Waals surface area contributed by atoms with Gasteiger partial charge >= 0.3 is 5.24 Å². The average molecular weight is 389 g/mol. The molecule has 0 spiro atoms. The highest BCUT2D eigenvalue weighted by atomic mass is 32.1. The molecule has 0 saturated heterocycles. The summed E-state index contributed by atoms with van der Waals surface area (Å²) in [7, 11) is -1.82. The van der Waals surface area contributed by atoms with Crippen LogP contribution in [0.25, 0.3) is 0 Å². The summed E-state index contributed by atoms with van der Waals surface area (Å²) in [5.74, 6) is 1.58. The summed E-state index contributed by atoms with van der Waals surface area (Å²) in [6.07, 6.45) is 0. The van der Waals surface area contributed by atoms with Crippen molar-refractivity contribution in [1.29, 1.82) is 0 Å². The van der Waals surface area contributed by atoms with Crippen molar-refractivity contribution < 1.29 is 13.9 Å². The molecular weight excluding hydrogens is 360 g/mol. The zero-order valence-electron chi connectivity index (χ0n) is 16.5. The molecule has 0 aliphatic heterocycles. The third-order valence-corrected chi connectivity index (χ3v) is 9.24. The molecule has 0 radical (unpaired) electrons. The molecule has 2 aromatic carbocycles. The lowest BCUT2D eigenvalue weighted by Crippen LogP contribution is -2.43. The van der Waals surface area contributed by atoms with Gasteiger partial charge in [0.2, 0.25) is 8.32 Å². The third kappa shape index (κ3) is 5.85. The van der Waals surface area contributed by atoms with Crippen molar-refractivity contribution in [3.05, 3.63) is 59.7 Å². The van der Waals surface area contributed by atoms with Gasteiger partial charge in [0.15, 0.2) is 0 Å². The monoisotopic (exact) mass is 388 g/mol. The molecule has 0 heterocycles. The summed E-state index contributed by atoms with van der Waals surface area (Å²) < 4.78 is 17.3. The van der Waals surface area contributed by atoms with Crippen molar-refractivity contribution in [2.75, 3.05) is 0 Å². The van der Waals surface area contributed by atoms with E-state index in [1.807, 2.05) is 55.5 Å². The highest BCUT2D eigenvalue weighted by Crippen LogP contribution is 2.37. The molecule has 0 aromatic heterocycles. The van der Waals surface area contributed by atoms with Crippen LogP contribution in [0.4, 0.5) is 0 Å². The van der Waals surface area contributed by atoms with Gasteiger partial charge in [-0.15, -0.1) is 0 Å². The van der Waals surface area contributed by atoms with Gasteiger partial charge in [0.1, 0.15) is 18.1 Å². The number of thiocarbonyl (C=S) groups is 1. The summed E-state index contributed by atoms with van der Waals surface area (Å²) in [4.78, 5) is 0. The lowest BCUT2D eigenvalue weighted by molar-refractivity contribution is 0.237. The quantitative estimate of drug-likeness (QED) is 0.446. The molecule has 2 rings (SSSR count). The maximum absolute atomic E-state index is 6.28. The van der Waals surface area contributed by atoms with Crippen LogP contribution in [0.5, 0.6) is 11.5 Å². The fourth-order valence-corrected chi connectivity index (χ4v) is 3.16. The van der Waals surface area contributed by atoms with Crippen molar-refractivity contribution in [2.24, 2.45) is 0 Å². The minimum atomic E-state index is -1.82. The topological polar surface area (TPSA) is 27.7 Å². The molecule has 0 saturated carbocycles. The molecule has 0 N–H and O–H groups in total. The molecule has 0 aliphatic rings. The average Bonchev–Trinajstić information content (AvgIpc) is 2.55. The molecular formula is C21H28O3SSi. The molecule has 0 amide bonds. The van der Waals surface area contributed by atoms with Crippen molar-refractivity contribution >= 4 is 25.8 Å². The summed E-state index contributed by atoms with van der Waals surface area (Å²) in [5.41, 5.74) is 2.19. The first kappa shape index (κ1) is 20.5. The van der Waals surface area contributed by atoms with Crippen LogP contribution in [0, 0.1) is 6.92 Å². The van der Waals surface area contributed by atoms with E-state index in [4.69, 9.17) is 26.1 Å². The second kappa shape index (κ2) is 8.23. The number of aryl methyl sites for hydroxylation is 1. The Hall–Kier alpha value is -1.85. The van der Waals surface area contributed by atoms with Gasteiger partial charge in [0.05, 0.1) is 0 Å². The van der Waals surface area contributed by atoms with Crippen molar-refractivity contribution in [2.45, 2.75) is 52.4 Å². The second-order valence-electron chi connectivity index (χ2n) is 7.96. The molecule has 0 atom stereocenters. The predicted octanol–water partition coefficient (Wildman–Crippen LogP) is 6.26. The summed E-state index contributed by atoms with van der Waals surface area (Å²) in [6.45, 7) is 13.6. The Morgan fingerprint density at radius 3 is 2.00 bits per heavy atom. The zero-order chi connectivity index (χ0) is 19.4. The normalized spacial score (nSPS) is 11.8. The predicted molar refractivity (Wildman–Crippen MR) is 113 cm³/mol. The second-order valence-corrected chi connectivity index (χ2v) is 13.0. The minimum absolute atomic E-state index is 0.121.